The Morgan fingerprint density at radius 1 is 0.566 bits per heavy atom. The van der Waals surface area contributed by atoms with Gasteiger partial charge in [0.2, 0.25) is 11.9 Å². The maximum Gasteiger partial charge on any atom is 0.351 e. The maximum absolute atomic E-state index is 12.5. The van der Waals surface area contributed by atoms with Crippen molar-refractivity contribution in [3.8, 4) is 11.5 Å². The standard InChI is InChI=1S/C33H33N9O11/c1-48-29-13-23(39-41-25-9-19(15-50-44)7-20(10-25)16-51-45)3-5-27(29)34-31-36-32(38-33(43)37-31)35-28-6-4-24(14-30(28)49-2)40-42-26-11-21(17-52-46)8-22(12-26)18-53-47/h3-14,44-47H,15-18H2,1-2H3,(H3,34,35,36,37,38,43). The average molecular weight is 732 g/mol. The van der Waals surface area contributed by atoms with Gasteiger partial charge in [-0.2, -0.15) is 30.4 Å². The Morgan fingerprint density at radius 2 is 0.981 bits per heavy atom. The number of nitrogens with one attached hydrogen (secondary N) is 3. The highest BCUT2D eigenvalue weighted by Gasteiger charge is 2.12. The first-order valence-corrected chi connectivity index (χ1v) is 15.4. The van der Waals surface area contributed by atoms with E-state index in [-0.39, 0.29) is 38.3 Å². The number of aromatic nitrogens is 3. The third kappa shape index (κ3) is 10.9. The summed E-state index contributed by atoms with van der Waals surface area (Å²) >= 11 is 0. The quantitative estimate of drug-likeness (QED) is 0.0262. The molecular formula is C33H33N9O11. The van der Waals surface area contributed by atoms with E-state index in [1.54, 1.807) is 72.8 Å². The van der Waals surface area contributed by atoms with Gasteiger partial charge < -0.3 is 20.1 Å². The Kier molecular flexibility index (Phi) is 13.5. The fourth-order valence-corrected chi connectivity index (χ4v) is 4.90. The number of hydrogen-bond acceptors (Lipinski definition) is 19. The van der Waals surface area contributed by atoms with Crippen molar-refractivity contribution in [2.75, 3.05) is 24.9 Å². The third-order valence-corrected chi connectivity index (χ3v) is 7.08. The number of anilines is 4. The van der Waals surface area contributed by atoms with Gasteiger partial charge in [-0.25, -0.2) is 24.3 Å². The summed E-state index contributed by atoms with van der Waals surface area (Å²) in [6, 6.07) is 19.7. The fraction of sp³-hybridized carbons (Fsp3) is 0.182. The predicted molar refractivity (Wildman–Crippen MR) is 186 cm³/mol. The summed E-state index contributed by atoms with van der Waals surface area (Å²) in [6.45, 7) is -0.403. The van der Waals surface area contributed by atoms with Crippen molar-refractivity contribution in [2.45, 2.75) is 26.4 Å². The van der Waals surface area contributed by atoms with Crippen LogP contribution in [-0.2, 0) is 46.0 Å². The van der Waals surface area contributed by atoms with E-state index in [1.165, 1.54) is 14.2 Å². The van der Waals surface area contributed by atoms with Crippen molar-refractivity contribution in [3.63, 3.8) is 0 Å². The van der Waals surface area contributed by atoms with Crippen molar-refractivity contribution in [1.29, 1.82) is 0 Å². The van der Waals surface area contributed by atoms with Gasteiger partial charge in [-0.15, -0.1) is 0 Å². The molecule has 0 aliphatic heterocycles. The number of azo groups is 2. The van der Waals surface area contributed by atoms with Crippen LogP contribution in [0.25, 0.3) is 0 Å². The Morgan fingerprint density at radius 3 is 1.40 bits per heavy atom. The van der Waals surface area contributed by atoms with E-state index < -0.39 is 5.69 Å². The first kappa shape index (κ1) is 38.0. The molecule has 0 bridgehead atoms. The second-order valence-electron chi connectivity index (χ2n) is 10.9. The Bertz CT molecular complexity index is 1940. The minimum absolute atomic E-state index is 0.0466. The van der Waals surface area contributed by atoms with E-state index in [1.807, 2.05) is 0 Å². The van der Waals surface area contributed by atoms with Crippen molar-refractivity contribution in [1.82, 2.24) is 15.0 Å². The van der Waals surface area contributed by atoms with E-state index in [9.17, 15) is 4.79 Å². The monoisotopic (exact) mass is 731 g/mol. The molecule has 20 heteroatoms. The predicted octanol–water partition coefficient (Wildman–Crippen LogP) is 7.46. The minimum Gasteiger partial charge on any atom is -0.494 e. The molecule has 4 aromatic carbocycles. The van der Waals surface area contributed by atoms with Crippen molar-refractivity contribution >= 4 is 46.0 Å². The molecule has 0 unspecified atom stereocenters. The molecule has 7 N–H and O–H groups in total. The van der Waals surface area contributed by atoms with E-state index >= 15 is 0 Å². The maximum atomic E-state index is 12.5. The minimum atomic E-state index is -0.696. The molecule has 5 aromatic rings. The highest BCUT2D eigenvalue weighted by molar-refractivity contribution is 5.69. The Labute approximate surface area is 299 Å². The largest absolute Gasteiger partial charge is 0.494 e. The van der Waals surface area contributed by atoms with Crippen molar-refractivity contribution in [3.05, 3.63) is 106 Å². The van der Waals surface area contributed by atoms with Crippen molar-refractivity contribution < 1.29 is 50.1 Å². The molecule has 0 aliphatic rings. The summed E-state index contributed by atoms with van der Waals surface area (Å²) in [4.78, 5) is 40.1. The highest BCUT2D eigenvalue weighted by atomic mass is 17.1. The molecule has 0 amide bonds. The molecule has 0 saturated carbocycles. The zero-order chi connectivity index (χ0) is 37.6. The van der Waals surface area contributed by atoms with Crippen LogP contribution in [0.15, 0.2) is 98.0 Å². The zero-order valence-electron chi connectivity index (χ0n) is 28.1. The fourth-order valence-electron chi connectivity index (χ4n) is 4.90. The number of aromatic amines is 1. The average Bonchev–Trinajstić information content (AvgIpc) is 3.14. The molecule has 0 spiro atoms. The van der Waals surface area contributed by atoms with Gasteiger partial charge in [0.1, 0.15) is 37.9 Å². The lowest BCUT2D eigenvalue weighted by Gasteiger charge is -2.13. The van der Waals surface area contributed by atoms with Gasteiger partial charge in [0, 0.05) is 12.1 Å². The molecular weight excluding hydrogens is 698 g/mol. The Hall–Kier alpha value is -6.23. The van der Waals surface area contributed by atoms with Gasteiger partial charge >= 0.3 is 5.69 Å². The van der Waals surface area contributed by atoms with Crippen LogP contribution in [0.5, 0.6) is 11.5 Å². The van der Waals surface area contributed by atoms with Gasteiger partial charge in [0.25, 0.3) is 0 Å². The summed E-state index contributed by atoms with van der Waals surface area (Å²) in [5.41, 5.74) is 4.18. The Balaban J connectivity index is 1.31. The van der Waals surface area contributed by atoms with Crippen LogP contribution in [0.4, 0.5) is 46.0 Å². The summed E-state index contributed by atoms with van der Waals surface area (Å²) in [6.07, 6.45) is 0. The zero-order valence-corrected chi connectivity index (χ0v) is 28.1. The summed E-state index contributed by atoms with van der Waals surface area (Å²) in [5.74, 6) is 0.695. The van der Waals surface area contributed by atoms with Crippen LogP contribution >= 0.6 is 0 Å². The van der Waals surface area contributed by atoms with E-state index in [0.29, 0.717) is 67.9 Å². The number of rotatable bonds is 18. The third-order valence-electron chi connectivity index (χ3n) is 7.08. The van der Waals surface area contributed by atoms with Crippen LogP contribution < -0.4 is 25.8 Å². The molecule has 5 rings (SSSR count). The topological polar surface area (TPSA) is 268 Å². The van der Waals surface area contributed by atoms with Gasteiger partial charge in [-0.1, -0.05) is 12.1 Å². The van der Waals surface area contributed by atoms with Crippen LogP contribution in [0.1, 0.15) is 22.3 Å². The molecule has 0 fully saturated rings. The smallest absolute Gasteiger partial charge is 0.351 e. The van der Waals surface area contributed by atoms with E-state index in [2.05, 4.69) is 65.6 Å². The van der Waals surface area contributed by atoms with Crippen molar-refractivity contribution in [2.24, 2.45) is 20.5 Å². The number of methoxy groups -OCH3 is 2. The van der Waals surface area contributed by atoms with Gasteiger partial charge in [-0.3, -0.25) is 26.0 Å². The second kappa shape index (κ2) is 18.8. The number of ether oxygens (including phenoxy) is 2. The van der Waals surface area contributed by atoms with Gasteiger partial charge in [0.05, 0.1) is 48.3 Å². The first-order chi connectivity index (χ1) is 25.8. The molecule has 1 heterocycles. The lowest BCUT2D eigenvalue weighted by atomic mass is 10.1. The molecule has 0 aliphatic carbocycles. The van der Waals surface area contributed by atoms with E-state index in [0.717, 1.165) is 0 Å². The van der Waals surface area contributed by atoms with Gasteiger partial charge in [0.15, 0.2) is 0 Å². The SMILES string of the molecule is COc1cc(N=Nc2cc(COO)cc(COO)c2)ccc1Nc1nc(Nc2ccc(N=Nc3cc(COO)cc(COO)c3)cc2OC)[nH]c(=O)n1. The van der Waals surface area contributed by atoms with E-state index in [4.69, 9.17) is 30.5 Å². The van der Waals surface area contributed by atoms with Crippen LogP contribution in [-0.4, -0.2) is 50.2 Å². The molecule has 20 nitrogen and oxygen atoms in total. The van der Waals surface area contributed by atoms with Crippen LogP contribution in [0, 0.1) is 0 Å². The normalized spacial score (nSPS) is 11.4. The number of hydrogen-bond donors (Lipinski definition) is 7. The number of nitrogens with zero attached hydrogens (tertiary/aromatic N) is 6. The molecule has 0 atom stereocenters. The molecule has 1 aromatic heterocycles. The number of benzene rings is 4. The lowest BCUT2D eigenvalue weighted by molar-refractivity contribution is -0.254. The lowest BCUT2D eigenvalue weighted by Crippen LogP contribution is -2.16. The van der Waals surface area contributed by atoms with Gasteiger partial charge in [-0.05, 0) is 70.8 Å². The molecule has 53 heavy (non-hydrogen) atoms. The molecule has 0 saturated heterocycles. The highest BCUT2D eigenvalue weighted by Crippen LogP contribution is 2.34. The van der Waals surface area contributed by atoms with Crippen LogP contribution in [0.2, 0.25) is 0 Å². The second-order valence-corrected chi connectivity index (χ2v) is 10.9. The molecule has 0 radical (unpaired) electrons. The summed E-state index contributed by atoms with van der Waals surface area (Å²) in [5, 5.41) is 58.2. The summed E-state index contributed by atoms with van der Waals surface area (Å²) in [7, 11) is 2.91. The molecule has 276 valence electrons. The van der Waals surface area contributed by atoms with Crippen LogP contribution in [0.3, 0.4) is 0 Å². The number of H-pyrrole nitrogens is 1. The first-order valence-electron chi connectivity index (χ1n) is 15.4. The summed E-state index contributed by atoms with van der Waals surface area (Å²) < 4.78 is 11.0.